The number of para-hydroxylation sites is 1. The zero-order valence-corrected chi connectivity index (χ0v) is 18.2. The summed E-state index contributed by atoms with van der Waals surface area (Å²) in [7, 11) is 0. The summed E-state index contributed by atoms with van der Waals surface area (Å²) in [5.41, 5.74) is 2.98. The average Bonchev–Trinajstić information content (AvgIpc) is 3.29. The van der Waals surface area contributed by atoms with Crippen molar-refractivity contribution in [3.63, 3.8) is 0 Å². The maximum atomic E-state index is 12.7. The van der Waals surface area contributed by atoms with Crippen LogP contribution in [0, 0.1) is 12.8 Å². The minimum Gasteiger partial charge on any atom is -0.389 e. The molecule has 2 aromatic heterocycles. The maximum Gasteiger partial charge on any atom is 0.405 e. The van der Waals surface area contributed by atoms with Crippen LogP contribution in [0.5, 0.6) is 0 Å². The molecule has 0 bridgehead atoms. The molecule has 168 valence electrons. The van der Waals surface area contributed by atoms with Gasteiger partial charge in [-0.1, -0.05) is 12.1 Å². The molecule has 1 aliphatic rings. The molecule has 2 unspecified atom stereocenters. The molecular formula is C22H21F3N4O2S. The Labute approximate surface area is 186 Å². The Morgan fingerprint density at radius 3 is 2.66 bits per heavy atom. The number of aliphatic hydroxyl groups excluding tert-OH is 1. The summed E-state index contributed by atoms with van der Waals surface area (Å²) < 4.78 is 39.1. The van der Waals surface area contributed by atoms with Gasteiger partial charge >= 0.3 is 6.18 Å². The number of rotatable bonds is 6. The number of anilines is 1. The third kappa shape index (κ3) is 4.81. The number of aliphatic hydroxyl groups is 1. The molecule has 2 heterocycles. The molecule has 0 amide bonds. The topological polar surface area (TPSA) is 88.0 Å². The summed E-state index contributed by atoms with van der Waals surface area (Å²) in [6.07, 6.45) is -3.06. The Morgan fingerprint density at radius 2 is 2.00 bits per heavy atom. The van der Waals surface area contributed by atoms with Gasteiger partial charge in [0.1, 0.15) is 11.6 Å². The van der Waals surface area contributed by atoms with E-state index in [2.05, 4.69) is 20.3 Å². The largest absolute Gasteiger partial charge is 0.405 e. The number of nitrogens with one attached hydrogen (secondary N) is 1. The SMILES string of the molecule is CC(=O)C1=CC(O)C(Cc2nc(NCC(F)(F)F)nc(C)c2-c2nc3ccccc3s2)C1. The quantitative estimate of drug-likeness (QED) is 0.562. The van der Waals surface area contributed by atoms with Gasteiger partial charge in [-0.2, -0.15) is 13.2 Å². The van der Waals surface area contributed by atoms with Crippen molar-refractivity contribution < 1.29 is 23.1 Å². The van der Waals surface area contributed by atoms with Crippen LogP contribution in [0.15, 0.2) is 35.9 Å². The zero-order valence-electron chi connectivity index (χ0n) is 17.4. The number of benzene rings is 1. The number of ketones is 1. The molecule has 1 aliphatic carbocycles. The number of aromatic nitrogens is 3. The molecule has 6 nitrogen and oxygen atoms in total. The summed E-state index contributed by atoms with van der Waals surface area (Å²) in [4.78, 5) is 25.0. The second-order valence-electron chi connectivity index (χ2n) is 7.82. The summed E-state index contributed by atoms with van der Waals surface area (Å²) in [6, 6.07) is 7.61. The molecule has 0 spiro atoms. The second kappa shape index (κ2) is 8.59. The lowest BCUT2D eigenvalue weighted by Gasteiger charge is -2.18. The van der Waals surface area contributed by atoms with Crippen LogP contribution >= 0.6 is 11.3 Å². The number of Topliss-reactive ketones (excluding diaryl/α,β-unsaturated/α-hetero) is 1. The lowest BCUT2D eigenvalue weighted by molar-refractivity contribution is -0.115. The van der Waals surface area contributed by atoms with E-state index in [1.165, 1.54) is 18.3 Å². The van der Waals surface area contributed by atoms with E-state index in [9.17, 15) is 23.1 Å². The Balaban J connectivity index is 1.73. The Kier molecular flexibility index (Phi) is 6.00. The van der Waals surface area contributed by atoms with E-state index < -0.39 is 18.8 Å². The molecular weight excluding hydrogens is 441 g/mol. The van der Waals surface area contributed by atoms with Gasteiger partial charge in [0.2, 0.25) is 5.95 Å². The van der Waals surface area contributed by atoms with E-state index in [-0.39, 0.29) is 24.1 Å². The Hall–Kier alpha value is -2.85. The van der Waals surface area contributed by atoms with Gasteiger partial charge in [-0.05, 0) is 56.4 Å². The maximum absolute atomic E-state index is 12.7. The highest BCUT2D eigenvalue weighted by Gasteiger charge is 2.31. The van der Waals surface area contributed by atoms with Gasteiger partial charge in [0.25, 0.3) is 0 Å². The third-order valence-corrected chi connectivity index (χ3v) is 6.42. The van der Waals surface area contributed by atoms with Crippen LogP contribution in [-0.2, 0) is 11.2 Å². The second-order valence-corrected chi connectivity index (χ2v) is 8.85. The summed E-state index contributed by atoms with van der Waals surface area (Å²) >= 11 is 1.45. The van der Waals surface area contributed by atoms with Gasteiger partial charge in [0.05, 0.1) is 33.3 Å². The van der Waals surface area contributed by atoms with Crippen LogP contribution in [0.3, 0.4) is 0 Å². The first-order valence-corrected chi connectivity index (χ1v) is 10.9. The van der Waals surface area contributed by atoms with E-state index in [0.29, 0.717) is 34.0 Å². The lowest BCUT2D eigenvalue weighted by atomic mass is 9.94. The van der Waals surface area contributed by atoms with Crippen LogP contribution in [0.1, 0.15) is 24.7 Å². The molecule has 0 saturated heterocycles. The van der Waals surface area contributed by atoms with Gasteiger partial charge in [0.15, 0.2) is 5.78 Å². The minimum absolute atomic E-state index is 0.107. The number of fused-ring (bicyclic) bond motifs is 1. The van der Waals surface area contributed by atoms with Crippen molar-refractivity contribution >= 4 is 33.3 Å². The minimum atomic E-state index is -4.41. The molecule has 2 atom stereocenters. The highest BCUT2D eigenvalue weighted by molar-refractivity contribution is 7.21. The monoisotopic (exact) mass is 462 g/mol. The predicted molar refractivity (Wildman–Crippen MR) is 117 cm³/mol. The highest BCUT2D eigenvalue weighted by atomic mass is 32.1. The van der Waals surface area contributed by atoms with Crippen LogP contribution in [0.25, 0.3) is 20.8 Å². The van der Waals surface area contributed by atoms with E-state index in [1.54, 1.807) is 13.0 Å². The first-order valence-electron chi connectivity index (χ1n) is 10.0. The molecule has 0 fully saturated rings. The fourth-order valence-electron chi connectivity index (χ4n) is 3.81. The summed E-state index contributed by atoms with van der Waals surface area (Å²) in [5.74, 6) is -0.553. The molecule has 0 saturated carbocycles. The first-order chi connectivity index (χ1) is 15.1. The molecule has 32 heavy (non-hydrogen) atoms. The molecule has 0 aliphatic heterocycles. The van der Waals surface area contributed by atoms with Crippen LogP contribution in [0.4, 0.5) is 19.1 Å². The normalized spacial score (nSPS) is 18.8. The molecule has 4 rings (SSSR count). The van der Waals surface area contributed by atoms with Crippen LogP contribution in [0.2, 0.25) is 0 Å². The van der Waals surface area contributed by atoms with Crippen molar-refractivity contribution in [2.45, 2.75) is 39.0 Å². The number of carbonyl (C=O) groups is 1. The molecule has 1 aromatic carbocycles. The van der Waals surface area contributed by atoms with Gasteiger partial charge in [-0.25, -0.2) is 15.0 Å². The summed E-state index contributed by atoms with van der Waals surface area (Å²) in [6.45, 7) is 1.89. The lowest BCUT2D eigenvalue weighted by Crippen LogP contribution is -2.23. The van der Waals surface area contributed by atoms with Crippen LogP contribution in [-0.4, -0.2) is 44.7 Å². The van der Waals surface area contributed by atoms with E-state index in [4.69, 9.17) is 0 Å². The number of hydrogen-bond acceptors (Lipinski definition) is 7. The molecule has 0 radical (unpaired) electrons. The highest BCUT2D eigenvalue weighted by Crippen LogP contribution is 2.37. The Morgan fingerprint density at radius 1 is 1.25 bits per heavy atom. The molecule has 2 N–H and O–H groups in total. The van der Waals surface area contributed by atoms with Crippen molar-refractivity contribution in [2.24, 2.45) is 5.92 Å². The van der Waals surface area contributed by atoms with E-state index in [0.717, 1.165) is 10.2 Å². The van der Waals surface area contributed by atoms with Crippen LogP contribution < -0.4 is 5.32 Å². The van der Waals surface area contributed by atoms with Crippen molar-refractivity contribution in [2.75, 3.05) is 11.9 Å². The van der Waals surface area contributed by atoms with Gasteiger partial charge in [0, 0.05) is 0 Å². The predicted octanol–water partition coefficient (Wildman–Crippen LogP) is 4.47. The van der Waals surface area contributed by atoms with Crippen molar-refractivity contribution in [1.82, 2.24) is 15.0 Å². The number of allylic oxidation sites excluding steroid dienone is 1. The zero-order chi connectivity index (χ0) is 23.0. The van der Waals surface area contributed by atoms with Gasteiger partial charge in [-0.15, -0.1) is 11.3 Å². The van der Waals surface area contributed by atoms with Crippen molar-refractivity contribution in [3.8, 4) is 10.6 Å². The third-order valence-electron chi connectivity index (χ3n) is 5.36. The van der Waals surface area contributed by atoms with E-state index >= 15 is 0 Å². The standard InChI is InChI=1S/C22H21F3N4O2S/c1-11-19(20-28-15-5-3-4-6-18(15)32-20)16(29-21(27-11)26-10-22(23,24)25)8-14-7-13(12(2)30)9-17(14)31/h3-6,9,14,17,31H,7-8,10H2,1-2H3,(H,26,27,29). The average molecular weight is 462 g/mol. The molecule has 3 aromatic rings. The van der Waals surface area contributed by atoms with Crippen molar-refractivity contribution in [1.29, 1.82) is 0 Å². The first kappa shape index (κ1) is 22.3. The number of hydrogen-bond donors (Lipinski definition) is 2. The molecule has 10 heteroatoms. The number of halogens is 3. The number of carbonyl (C=O) groups excluding carboxylic acids is 1. The van der Waals surface area contributed by atoms with E-state index in [1.807, 2.05) is 24.3 Å². The number of thiazole rings is 1. The van der Waals surface area contributed by atoms with Gasteiger partial charge in [-0.3, -0.25) is 4.79 Å². The number of nitrogens with zero attached hydrogens (tertiary/aromatic N) is 3. The number of aryl methyl sites for hydroxylation is 1. The fraction of sp³-hybridized carbons (Fsp3) is 0.364. The van der Waals surface area contributed by atoms with Crippen molar-refractivity contribution in [3.05, 3.63) is 47.3 Å². The smallest absolute Gasteiger partial charge is 0.389 e. The van der Waals surface area contributed by atoms with Gasteiger partial charge < -0.3 is 10.4 Å². The number of alkyl halides is 3. The fourth-order valence-corrected chi connectivity index (χ4v) is 4.90. The Bertz CT molecular complexity index is 1170. The summed E-state index contributed by atoms with van der Waals surface area (Å²) in [5, 5.41) is 13.3.